The lowest BCUT2D eigenvalue weighted by Gasteiger charge is -2.34. The summed E-state index contributed by atoms with van der Waals surface area (Å²) in [5, 5.41) is 0. The fraction of sp³-hybridized carbons (Fsp3) is 0.583. The second kappa shape index (κ2) is 10.8. The third-order valence-electron chi connectivity index (χ3n) is 5.60. The number of piperidine rings is 1. The lowest BCUT2D eigenvalue weighted by Crippen LogP contribution is -2.49. The van der Waals surface area contributed by atoms with Crippen LogP contribution in [-0.4, -0.2) is 78.3 Å². The summed E-state index contributed by atoms with van der Waals surface area (Å²) in [6.07, 6.45) is 0.377. The fourth-order valence-electron chi connectivity index (χ4n) is 3.76. The monoisotopic (exact) mass is 447 g/mol. The van der Waals surface area contributed by atoms with Crippen molar-refractivity contribution in [2.45, 2.75) is 45.8 Å². The molecule has 3 rings (SSSR count). The molecule has 1 aromatic rings. The summed E-state index contributed by atoms with van der Waals surface area (Å²) in [5.74, 6) is -0.117. The van der Waals surface area contributed by atoms with E-state index in [1.807, 2.05) is 56.0 Å². The maximum atomic E-state index is 14.8. The van der Waals surface area contributed by atoms with Gasteiger partial charge in [-0.2, -0.15) is 0 Å². The molecule has 2 aliphatic heterocycles. The van der Waals surface area contributed by atoms with Gasteiger partial charge in [-0.1, -0.05) is 30.3 Å². The number of hydrogen-bond acceptors (Lipinski definition) is 5. The molecule has 2 aliphatic rings. The Labute approximate surface area is 189 Å². The number of ether oxygens (including phenoxy) is 2. The van der Waals surface area contributed by atoms with Crippen molar-refractivity contribution in [3.63, 3.8) is 0 Å². The number of nitrogens with zero attached hydrogens (tertiary/aromatic N) is 3. The Morgan fingerprint density at radius 2 is 1.50 bits per heavy atom. The van der Waals surface area contributed by atoms with Gasteiger partial charge >= 0.3 is 12.2 Å². The molecule has 32 heavy (non-hydrogen) atoms. The lowest BCUT2D eigenvalue weighted by atomic mass is 10.0. The molecule has 0 aromatic heterocycles. The maximum Gasteiger partial charge on any atom is 0.410 e. The summed E-state index contributed by atoms with van der Waals surface area (Å²) in [5.41, 5.74) is 1.19. The quantitative estimate of drug-likeness (QED) is 0.693. The fourth-order valence-corrected chi connectivity index (χ4v) is 3.76. The molecule has 1 aromatic carbocycles. The molecule has 0 atom stereocenters. The highest BCUT2D eigenvalue weighted by Gasteiger charge is 2.27. The minimum atomic E-state index is -0.533. The third-order valence-corrected chi connectivity index (χ3v) is 5.60. The molecule has 0 radical (unpaired) electrons. The van der Waals surface area contributed by atoms with E-state index < -0.39 is 5.60 Å². The number of halogens is 1. The molecule has 0 N–H and O–H groups in total. The van der Waals surface area contributed by atoms with Crippen LogP contribution in [0.5, 0.6) is 0 Å². The van der Waals surface area contributed by atoms with Crippen LogP contribution in [0.4, 0.5) is 14.0 Å². The molecule has 176 valence electrons. The zero-order valence-electron chi connectivity index (χ0n) is 19.3. The highest BCUT2D eigenvalue weighted by molar-refractivity contribution is 5.68. The first-order valence-corrected chi connectivity index (χ1v) is 11.2. The molecule has 0 unspecified atom stereocenters. The van der Waals surface area contributed by atoms with Gasteiger partial charge in [0.05, 0.1) is 6.54 Å². The van der Waals surface area contributed by atoms with Crippen LogP contribution < -0.4 is 0 Å². The SMILES string of the molecule is CC(C)(C)OC(=O)N1CCC(=C(F)CN2CCN(C(=O)OCc3ccccc3)CC2)CC1. The minimum Gasteiger partial charge on any atom is -0.445 e. The van der Waals surface area contributed by atoms with Crippen LogP contribution in [0.2, 0.25) is 0 Å². The van der Waals surface area contributed by atoms with Gasteiger partial charge in [0.1, 0.15) is 18.0 Å². The standard InChI is InChI=1S/C24H34FN3O4/c1-24(2,3)32-23(30)27-11-9-20(10-12-27)21(25)17-26-13-15-28(16-14-26)22(29)31-18-19-7-5-4-6-8-19/h4-8H,9-18H2,1-3H3. The van der Waals surface area contributed by atoms with Gasteiger partial charge in [-0.25, -0.2) is 14.0 Å². The van der Waals surface area contributed by atoms with Gasteiger partial charge in [0.25, 0.3) is 0 Å². The molecule has 2 amide bonds. The average Bonchev–Trinajstić information content (AvgIpc) is 2.77. The van der Waals surface area contributed by atoms with E-state index in [4.69, 9.17) is 9.47 Å². The number of piperazine rings is 1. The number of rotatable bonds is 4. The van der Waals surface area contributed by atoms with Crippen LogP contribution in [-0.2, 0) is 16.1 Å². The average molecular weight is 448 g/mol. The van der Waals surface area contributed by atoms with E-state index in [-0.39, 0.29) is 31.2 Å². The molecule has 0 spiro atoms. The first kappa shape index (κ1) is 24.0. The van der Waals surface area contributed by atoms with Crippen molar-refractivity contribution >= 4 is 12.2 Å². The number of amides is 2. The van der Waals surface area contributed by atoms with Gasteiger partial charge in [-0.3, -0.25) is 4.90 Å². The Bertz CT molecular complexity index is 804. The summed E-state index contributed by atoms with van der Waals surface area (Å²) < 4.78 is 25.6. The van der Waals surface area contributed by atoms with E-state index in [1.165, 1.54) is 0 Å². The van der Waals surface area contributed by atoms with E-state index in [1.54, 1.807) is 9.80 Å². The highest BCUT2D eigenvalue weighted by atomic mass is 19.1. The Hall–Kier alpha value is -2.61. The van der Waals surface area contributed by atoms with Crippen LogP contribution in [0, 0.1) is 0 Å². The summed E-state index contributed by atoms with van der Waals surface area (Å²) in [6, 6.07) is 9.57. The molecule has 8 heteroatoms. The van der Waals surface area contributed by atoms with E-state index in [2.05, 4.69) is 0 Å². The summed E-state index contributed by atoms with van der Waals surface area (Å²) in [4.78, 5) is 29.8. The molecule has 2 heterocycles. The predicted octanol–water partition coefficient (Wildman–Crippen LogP) is 4.20. The molecule has 2 saturated heterocycles. The maximum absolute atomic E-state index is 14.8. The van der Waals surface area contributed by atoms with Crippen LogP contribution in [0.1, 0.15) is 39.2 Å². The molecule has 0 saturated carbocycles. The predicted molar refractivity (Wildman–Crippen MR) is 120 cm³/mol. The number of likely N-dealkylation sites (tertiary alicyclic amines) is 1. The second-order valence-corrected chi connectivity index (χ2v) is 9.28. The normalized spacial score (nSPS) is 17.8. The zero-order valence-corrected chi connectivity index (χ0v) is 19.3. The Balaban J connectivity index is 1.39. The van der Waals surface area contributed by atoms with Crippen LogP contribution >= 0.6 is 0 Å². The van der Waals surface area contributed by atoms with Gasteiger partial charge < -0.3 is 19.3 Å². The molecule has 2 fully saturated rings. The van der Waals surface area contributed by atoms with E-state index in [9.17, 15) is 14.0 Å². The minimum absolute atomic E-state index is 0.117. The van der Waals surface area contributed by atoms with Crippen LogP contribution in [0.25, 0.3) is 0 Å². The second-order valence-electron chi connectivity index (χ2n) is 9.28. The molecular formula is C24H34FN3O4. The first-order chi connectivity index (χ1) is 15.2. The lowest BCUT2D eigenvalue weighted by molar-refractivity contribution is 0.0234. The molecule has 0 aliphatic carbocycles. The van der Waals surface area contributed by atoms with Gasteiger partial charge in [0, 0.05) is 39.3 Å². The Morgan fingerprint density at radius 3 is 2.09 bits per heavy atom. The number of carbonyl (C=O) groups excluding carboxylic acids is 2. The van der Waals surface area contributed by atoms with Gasteiger partial charge in [0.15, 0.2) is 0 Å². The molecule has 7 nitrogen and oxygen atoms in total. The summed E-state index contributed by atoms with van der Waals surface area (Å²) in [6.45, 7) is 9.18. The van der Waals surface area contributed by atoms with Crippen molar-refractivity contribution in [3.8, 4) is 0 Å². The van der Waals surface area contributed by atoms with Gasteiger partial charge in [-0.05, 0) is 44.7 Å². The number of carbonyl (C=O) groups is 2. The smallest absolute Gasteiger partial charge is 0.410 e. The van der Waals surface area contributed by atoms with Gasteiger partial charge in [-0.15, -0.1) is 0 Å². The van der Waals surface area contributed by atoms with Crippen molar-refractivity contribution in [2.75, 3.05) is 45.8 Å². The zero-order chi connectivity index (χ0) is 23.1. The van der Waals surface area contributed by atoms with Crippen molar-refractivity contribution in [1.29, 1.82) is 0 Å². The van der Waals surface area contributed by atoms with Crippen molar-refractivity contribution in [2.24, 2.45) is 0 Å². The topological polar surface area (TPSA) is 62.3 Å². The molecular weight excluding hydrogens is 413 g/mol. The van der Waals surface area contributed by atoms with Gasteiger partial charge in [0.2, 0.25) is 0 Å². The van der Waals surface area contributed by atoms with Crippen molar-refractivity contribution in [1.82, 2.24) is 14.7 Å². The van der Waals surface area contributed by atoms with E-state index in [0.29, 0.717) is 52.1 Å². The summed E-state index contributed by atoms with van der Waals surface area (Å²) >= 11 is 0. The third kappa shape index (κ3) is 7.22. The first-order valence-electron chi connectivity index (χ1n) is 11.2. The molecule has 0 bridgehead atoms. The van der Waals surface area contributed by atoms with E-state index >= 15 is 0 Å². The van der Waals surface area contributed by atoms with Crippen LogP contribution in [0.3, 0.4) is 0 Å². The number of hydrogen-bond donors (Lipinski definition) is 0. The highest BCUT2D eigenvalue weighted by Crippen LogP contribution is 2.23. The van der Waals surface area contributed by atoms with Crippen molar-refractivity contribution in [3.05, 3.63) is 47.3 Å². The Kier molecular flexibility index (Phi) is 8.12. The van der Waals surface area contributed by atoms with Crippen LogP contribution in [0.15, 0.2) is 41.7 Å². The summed E-state index contributed by atoms with van der Waals surface area (Å²) in [7, 11) is 0. The number of benzene rings is 1. The van der Waals surface area contributed by atoms with Crippen molar-refractivity contribution < 1.29 is 23.5 Å². The largest absolute Gasteiger partial charge is 0.445 e. The van der Waals surface area contributed by atoms with E-state index in [0.717, 1.165) is 11.1 Å². The Morgan fingerprint density at radius 1 is 0.906 bits per heavy atom.